The molecule has 5 nitrogen and oxygen atoms in total. The van der Waals surface area contributed by atoms with E-state index in [4.69, 9.17) is 9.47 Å². The monoisotopic (exact) mass is 413 g/mol. The smallest absolute Gasteiger partial charge is 0.341 e. The number of benzene rings is 1. The van der Waals surface area contributed by atoms with Gasteiger partial charge in [0.2, 0.25) is 0 Å². The van der Waals surface area contributed by atoms with Crippen LogP contribution in [0.5, 0.6) is 5.75 Å². The van der Waals surface area contributed by atoms with Crippen molar-refractivity contribution in [1.82, 2.24) is 0 Å². The van der Waals surface area contributed by atoms with Gasteiger partial charge in [-0.25, -0.2) is 4.79 Å². The molecule has 1 aromatic heterocycles. The van der Waals surface area contributed by atoms with Crippen LogP contribution in [-0.2, 0) is 35.2 Å². The molecule has 154 valence electrons. The van der Waals surface area contributed by atoms with Gasteiger partial charge in [-0.15, -0.1) is 11.3 Å². The molecule has 2 aromatic rings. The van der Waals surface area contributed by atoms with Gasteiger partial charge in [0.1, 0.15) is 10.8 Å². The van der Waals surface area contributed by atoms with Crippen molar-refractivity contribution in [3.8, 4) is 5.75 Å². The van der Waals surface area contributed by atoms with Gasteiger partial charge >= 0.3 is 5.97 Å². The fraction of sp³-hybridized carbons (Fsp3) is 0.478. The van der Waals surface area contributed by atoms with Crippen molar-refractivity contribution in [2.45, 2.75) is 58.3 Å². The average Bonchev–Trinajstić information content (AvgIpc) is 3.10. The molecule has 6 heteroatoms. The number of thiophene rings is 1. The fourth-order valence-corrected chi connectivity index (χ4v) is 5.48. The van der Waals surface area contributed by atoms with Crippen molar-refractivity contribution in [2.75, 3.05) is 18.5 Å². The minimum Gasteiger partial charge on any atom is -0.484 e. The number of amides is 1. The largest absolute Gasteiger partial charge is 0.484 e. The summed E-state index contributed by atoms with van der Waals surface area (Å²) in [4.78, 5) is 26.2. The predicted octanol–water partition coefficient (Wildman–Crippen LogP) is 4.70. The van der Waals surface area contributed by atoms with Crippen molar-refractivity contribution in [1.29, 1.82) is 0 Å². The Hall–Kier alpha value is -2.34. The number of carbonyl (C=O) groups is 2. The maximum absolute atomic E-state index is 12.5. The Bertz CT molecular complexity index is 918. The van der Waals surface area contributed by atoms with E-state index in [2.05, 4.69) is 17.4 Å². The SMILES string of the molecule is CCOC(=O)c1c(NC(=O)COc2ccc3c(c2)CCCC3)sc2c1CCCC2. The van der Waals surface area contributed by atoms with Crippen molar-refractivity contribution in [3.05, 3.63) is 45.3 Å². The first-order valence-electron chi connectivity index (χ1n) is 10.5. The van der Waals surface area contributed by atoms with E-state index < -0.39 is 0 Å². The molecule has 1 aromatic carbocycles. The summed E-state index contributed by atoms with van der Waals surface area (Å²) < 4.78 is 11.0. The van der Waals surface area contributed by atoms with Gasteiger partial charge in [0.25, 0.3) is 5.91 Å². The molecule has 1 N–H and O–H groups in total. The second-order valence-electron chi connectivity index (χ2n) is 7.61. The average molecular weight is 414 g/mol. The molecule has 2 aliphatic carbocycles. The number of nitrogens with one attached hydrogen (secondary N) is 1. The normalized spacial score (nSPS) is 15.2. The van der Waals surface area contributed by atoms with E-state index in [1.165, 1.54) is 40.2 Å². The van der Waals surface area contributed by atoms with Crippen LogP contribution >= 0.6 is 11.3 Å². The molecular formula is C23H27NO4S. The maximum Gasteiger partial charge on any atom is 0.341 e. The molecule has 0 saturated carbocycles. The molecule has 0 radical (unpaired) electrons. The molecule has 0 atom stereocenters. The van der Waals surface area contributed by atoms with Gasteiger partial charge in [-0.05, 0) is 87.1 Å². The zero-order valence-electron chi connectivity index (χ0n) is 16.8. The first-order valence-corrected chi connectivity index (χ1v) is 11.3. The van der Waals surface area contributed by atoms with Gasteiger partial charge in [0.15, 0.2) is 6.61 Å². The van der Waals surface area contributed by atoms with Crippen molar-refractivity contribution in [2.24, 2.45) is 0 Å². The highest BCUT2D eigenvalue weighted by Gasteiger charge is 2.27. The maximum atomic E-state index is 12.5. The number of carbonyl (C=O) groups excluding carboxylic acids is 2. The molecule has 0 unspecified atom stereocenters. The second kappa shape index (κ2) is 8.99. The highest BCUT2D eigenvalue weighted by molar-refractivity contribution is 7.17. The standard InChI is InChI=1S/C23H27NO4S/c1-2-27-23(26)21-18-9-5-6-10-19(18)29-22(21)24-20(25)14-28-17-12-11-15-7-3-4-8-16(15)13-17/h11-13H,2-10,14H2,1H3,(H,24,25). The summed E-state index contributed by atoms with van der Waals surface area (Å²) in [6, 6.07) is 6.09. The Morgan fingerprint density at radius 2 is 1.79 bits per heavy atom. The van der Waals surface area contributed by atoms with Crippen LogP contribution in [0.3, 0.4) is 0 Å². The predicted molar refractivity (Wildman–Crippen MR) is 114 cm³/mol. The summed E-state index contributed by atoms with van der Waals surface area (Å²) in [6.45, 7) is 2.03. The zero-order valence-corrected chi connectivity index (χ0v) is 17.7. The minimum absolute atomic E-state index is 0.0797. The number of ether oxygens (including phenoxy) is 2. The summed E-state index contributed by atoms with van der Waals surface area (Å²) in [5.74, 6) is 0.113. The molecule has 0 fully saturated rings. The van der Waals surface area contributed by atoms with Crippen LogP contribution in [-0.4, -0.2) is 25.1 Å². The van der Waals surface area contributed by atoms with Crippen molar-refractivity contribution >= 4 is 28.2 Å². The number of anilines is 1. The van der Waals surface area contributed by atoms with Crippen LogP contribution in [0, 0.1) is 0 Å². The molecule has 0 spiro atoms. The van der Waals surface area contributed by atoms with Crippen LogP contribution in [0.2, 0.25) is 0 Å². The van der Waals surface area contributed by atoms with Gasteiger partial charge in [0, 0.05) is 4.88 Å². The first kappa shape index (κ1) is 20.0. The number of hydrogen-bond acceptors (Lipinski definition) is 5. The first-order chi connectivity index (χ1) is 14.2. The summed E-state index contributed by atoms with van der Waals surface area (Å²) in [5.41, 5.74) is 4.29. The van der Waals surface area contributed by atoms with E-state index in [-0.39, 0.29) is 18.5 Å². The van der Waals surface area contributed by atoms with Crippen LogP contribution in [0.15, 0.2) is 18.2 Å². The molecule has 0 aliphatic heterocycles. The summed E-state index contributed by atoms with van der Waals surface area (Å²) in [6.07, 6.45) is 8.63. The Morgan fingerprint density at radius 1 is 1.03 bits per heavy atom. The Labute approximate surface area is 175 Å². The molecule has 0 bridgehead atoms. The third kappa shape index (κ3) is 4.47. The topological polar surface area (TPSA) is 64.6 Å². The van der Waals surface area contributed by atoms with Gasteiger partial charge < -0.3 is 14.8 Å². The lowest BCUT2D eigenvalue weighted by Gasteiger charge is -2.16. The Kier molecular flexibility index (Phi) is 6.19. The number of aryl methyl sites for hydroxylation is 3. The van der Waals surface area contributed by atoms with E-state index in [9.17, 15) is 9.59 Å². The summed E-state index contributed by atoms with van der Waals surface area (Å²) in [5, 5.41) is 3.49. The highest BCUT2D eigenvalue weighted by Crippen LogP contribution is 2.38. The molecule has 29 heavy (non-hydrogen) atoms. The number of hydrogen-bond donors (Lipinski definition) is 1. The fourth-order valence-electron chi connectivity index (χ4n) is 4.18. The van der Waals surface area contributed by atoms with E-state index in [1.54, 1.807) is 6.92 Å². The number of rotatable bonds is 6. The van der Waals surface area contributed by atoms with Crippen LogP contribution in [0.4, 0.5) is 5.00 Å². The minimum atomic E-state index is -0.349. The van der Waals surface area contributed by atoms with Gasteiger partial charge in [-0.2, -0.15) is 0 Å². The third-order valence-corrected chi connectivity index (χ3v) is 6.80. The number of esters is 1. The van der Waals surface area contributed by atoms with Gasteiger partial charge in [0.05, 0.1) is 12.2 Å². The summed E-state index contributed by atoms with van der Waals surface area (Å²) in [7, 11) is 0. The van der Waals surface area contributed by atoms with E-state index in [0.717, 1.165) is 49.8 Å². The van der Waals surface area contributed by atoms with E-state index in [1.807, 2.05) is 6.07 Å². The molecule has 4 rings (SSSR count). The summed E-state index contributed by atoms with van der Waals surface area (Å²) >= 11 is 1.50. The number of fused-ring (bicyclic) bond motifs is 2. The van der Waals surface area contributed by atoms with Crippen LogP contribution in [0.25, 0.3) is 0 Å². The van der Waals surface area contributed by atoms with Crippen molar-refractivity contribution in [3.63, 3.8) is 0 Å². The molecule has 1 heterocycles. The lowest BCUT2D eigenvalue weighted by molar-refractivity contribution is -0.118. The van der Waals surface area contributed by atoms with Crippen molar-refractivity contribution < 1.29 is 19.1 Å². The second-order valence-corrected chi connectivity index (χ2v) is 8.72. The zero-order chi connectivity index (χ0) is 20.2. The Morgan fingerprint density at radius 3 is 2.62 bits per heavy atom. The molecule has 0 saturated heterocycles. The highest BCUT2D eigenvalue weighted by atomic mass is 32.1. The lowest BCUT2D eigenvalue weighted by Crippen LogP contribution is -2.21. The van der Waals surface area contributed by atoms with E-state index in [0.29, 0.717) is 17.2 Å². The molecule has 2 aliphatic rings. The lowest BCUT2D eigenvalue weighted by atomic mass is 9.92. The van der Waals surface area contributed by atoms with Gasteiger partial charge in [-0.1, -0.05) is 6.07 Å². The third-order valence-electron chi connectivity index (χ3n) is 5.59. The Balaban J connectivity index is 1.44. The van der Waals surface area contributed by atoms with E-state index >= 15 is 0 Å². The van der Waals surface area contributed by atoms with Crippen LogP contribution in [0.1, 0.15) is 64.5 Å². The van der Waals surface area contributed by atoms with Gasteiger partial charge in [-0.3, -0.25) is 4.79 Å². The quantitative estimate of drug-likeness (QED) is 0.697. The molecule has 1 amide bonds. The van der Waals surface area contributed by atoms with Crippen LogP contribution < -0.4 is 10.1 Å². The molecular weight excluding hydrogens is 386 g/mol.